The molecule has 0 aromatic heterocycles. The van der Waals surface area contributed by atoms with Gasteiger partial charge >= 0.3 is 12.1 Å². The number of piperidine rings is 1. The molecular formula is C31H59NO4. The molecule has 1 rings (SSSR count). The van der Waals surface area contributed by atoms with Crippen molar-refractivity contribution >= 4 is 12.1 Å². The average Bonchev–Trinajstić information content (AvgIpc) is 2.80. The molecule has 0 radical (unpaired) electrons. The highest BCUT2D eigenvalue weighted by molar-refractivity contribution is 5.70. The third-order valence-electron chi connectivity index (χ3n) is 7.49. The van der Waals surface area contributed by atoms with Crippen molar-refractivity contribution in [3.05, 3.63) is 0 Å². The number of rotatable bonds is 18. The van der Waals surface area contributed by atoms with Crippen LogP contribution in [-0.4, -0.2) is 41.3 Å². The molecule has 0 spiro atoms. The van der Waals surface area contributed by atoms with Crippen LogP contribution in [0.2, 0.25) is 0 Å². The summed E-state index contributed by atoms with van der Waals surface area (Å²) in [5, 5.41) is 0. The molecule has 0 bridgehead atoms. The number of carbonyl (C=O) groups is 2. The van der Waals surface area contributed by atoms with E-state index in [1.165, 1.54) is 83.5 Å². The quantitative estimate of drug-likeness (QED) is 0.136. The third kappa shape index (κ3) is 15.8. The number of esters is 1. The molecule has 1 amide bonds. The first-order valence-corrected chi connectivity index (χ1v) is 15.2. The number of unbranched alkanes of at least 4 members (excludes halogenated alkanes) is 14. The summed E-state index contributed by atoms with van der Waals surface area (Å²) in [5.41, 5.74) is -0.970. The maximum atomic E-state index is 12.5. The van der Waals surface area contributed by atoms with Crippen LogP contribution in [0.5, 0.6) is 0 Å². The van der Waals surface area contributed by atoms with Crippen LogP contribution < -0.4 is 0 Å². The molecule has 1 heterocycles. The first-order chi connectivity index (χ1) is 17.0. The Hall–Kier alpha value is -1.26. The van der Waals surface area contributed by atoms with Gasteiger partial charge in [0.2, 0.25) is 0 Å². The summed E-state index contributed by atoms with van der Waals surface area (Å²) in [6.45, 7) is 13.3. The van der Waals surface area contributed by atoms with Crippen molar-refractivity contribution < 1.29 is 19.1 Å². The van der Waals surface area contributed by atoms with Gasteiger partial charge in [0.1, 0.15) is 11.2 Å². The van der Waals surface area contributed by atoms with Crippen LogP contribution in [0.15, 0.2) is 0 Å². The molecule has 1 fully saturated rings. The van der Waals surface area contributed by atoms with E-state index in [2.05, 4.69) is 6.92 Å². The molecule has 0 aliphatic carbocycles. The van der Waals surface area contributed by atoms with E-state index in [-0.39, 0.29) is 18.0 Å². The lowest BCUT2D eigenvalue weighted by molar-refractivity contribution is -0.163. The smallest absolute Gasteiger partial charge is 0.410 e. The van der Waals surface area contributed by atoms with Crippen LogP contribution in [0.4, 0.5) is 4.79 Å². The fraction of sp³-hybridized carbons (Fsp3) is 0.935. The molecule has 0 aromatic rings. The summed E-state index contributed by atoms with van der Waals surface area (Å²) in [6, 6.07) is 0. The standard InChI is InChI=1S/C31H59NO4/c1-7-8-9-10-11-12-13-14-15-16-17-18-19-20-21-22-28(33)35-31(5,6)27-23-25-32(26-24-27)29(34)36-30(2,3)4/h27H,7-26H2,1-6H3. The lowest BCUT2D eigenvalue weighted by Crippen LogP contribution is -2.47. The molecule has 5 nitrogen and oxygen atoms in total. The summed E-state index contributed by atoms with van der Waals surface area (Å²) in [4.78, 5) is 26.5. The zero-order valence-electron chi connectivity index (χ0n) is 24.8. The van der Waals surface area contributed by atoms with Crippen molar-refractivity contribution in [1.29, 1.82) is 0 Å². The van der Waals surface area contributed by atoms with Gasteiger partial charge in [-0.1, -0.05) is 96.8 Å². The van der Waals surface area contributed by atoms with Gasteiger partial charge in [-0.2, -0.15) is 0 Å². The Bertz CT molecular complexity index is 588. The highest BCUT2D eigenvalue weighted by Gasteiger charge is 2.37. The lowest BCUT2D eigenvalue weighted by Gasteiger charge is -2.40. The summed E-state index contributed by atoms with van der Waals surface area (Å²) < 4.78 is 11.4. The van der Waals surface area contributed by atoms with Crippen molar-refractivity contribution in [1.82, 2.24) is 4.90 Å². The number of amides is 1. The number of ether oxygens (including phenoxy) is 2. The van der Waals surface area contributed by atoms with Gasteiger partial charge < -0.3 is 14.4 Å². The van der Waals surface area contributed by atoms with Crippen LogP contribution in [0.3, 0.4) is 0 Å². The van der Waals surface area contributed by atoms with Crippen LogP contribution in [0, 0.1) is 5.92 Å². The van der Waals surface area contributed by atoms with Gasteiger partial charge in [0.15, 0.2) is 0 Å². The number of hydrogen-bond donors (Lipinski definition) is 0. The van der Waals surface area contributed by atoms with E-state index in [1.807, 2.05) is 34.6 Å². The van der Waals surface area contributed by atoms with Gasteiger partial charge in [-0.3, -0.25) is 4.79 Å². The topological polar surface area (TPSA) is 55.8 Å². The Kier molecular flexibility index (Phi) is 16.4. The highest BCUT2D eigenvalue weighted by atomic mass is 16.6. The minimum absolute atomic E-state index is 0.0794. The zero-order chi connectivity index (χ0) is 26.9. The minimum Gasteiger partial charge on any atom is -0.459 e. The van der Waals surface area contributed by atoms with Gasteiger partial charge in [0.25, 0.3) is 0 Å². The molecule has 0 saturated carbocycles. The van der Waals surface area contributed by atoms with Crippen molar-refractivity contribution in [3.63, 3.8) is 0 Å². The van der Waals surface area contributed by atoms with Crippen LogP contribution >= 0.6 is 0 Å². The fourth-order valence-corrected chi connectivity index (χ4v) is 5.15. The zero-order valence-corrected chi connectivity index (χ0v) is 24.8. The SMILES string of the molecule is CCCCCCCCCCCCCCCCCC(=O)OC(C)(C)C1CCN(C(=O)OC(C)(C)C)CC1. The Labute approximate surface area is 223 Å². The van der Waals surface area contributed by atoms with E-state index >= 15 is 0 Å². The number of carbonyl (C=O) groups excluding carboxylic acids is 2. The van der Waals surface area contributed by atoms with Crippen molar-refractivity contribution in [2.45, 2.75) is 168 Å². The van der Waals surface area contributed by atoms with E-state index in [4.69, 9.17) is 9.47 Å². The molecule has 1 saturated heterocycles. The second-order valence-corrected chi connectivity index (χ2v) is 12.5. The molecule has 1 aliphatic rings. The molecule has 0 unspecified atom stereocenters. The van der Waals surface area contributed by atoms with Crippen LogP contribution in [0.1, 0.15) is 157 Å². The molecular weight excluding hydrogens is 450 g/mol. The summed E-state index contributed by atoms with van der Waals surface area (Å²) in [6.07, 6.45) is 21.8. The molecule has 0 aromatic carbocycles. The van der Waals surface area contributed by atoms with Crippen LogP contribution in [-0.2, 0) is 14.3 Å². The monoisotopic (exact) mass is 509 g/mol. The van der Waals surface area contributed by atoms with Crippen molar-refractivity contribution in [2.75, 3.05) is 13.1 Å². The molecule has 5 heteroatoms. The molecule has 212 valence electrons. The van der Waals surface area contributed by atoms with E-state index in [1.54, 1.807) is 4.90 Å². The van der Waals surface area contributed by atoms with E-state index < -0.39 is 11.2 Å². The molecule has 1 aliphatic heterocycles. The minimum atomic E-state index is -0.493. The largest absolute Gasteiger partial charge is 0.459 e. The first-order valence-electron chi connectivity index (χ1n) is 15.2. The number of nitrogens with zero attached hydrogens (tertiary/aromatic N) is 1. The van der Waals surface area contributed by atoms with E-state index in [9.17, 15) is 9.59 Å². The Morgan fingerprint density at radius 2 is 1.08 bits per heavy atom. The predicted octanol–water partition coefficient (Wildman–Crippen LogP) is 9.22. The molecule has 36 heavy (non-hydrogen) atoms. The number of likely N-dealkylation sites (tertiary alicyclic amines) is 1. The molecule has 0 N–H and O–H groups in total. The predicted molar refractivity (Wildman–Crippen MR) is 150 cm³/mol. The van der Waals surface area contributed by atoms with Crippen molar-refractivity contribution in [2.24, 2.45) is 5.92 Å². The fourth-order valence-electron chi connectivity index (χ4n) is 5.15. The Morgan fingerprint density at radius 1 is 0.667 bits per heavy atom. The Morgan fingerprint density at radius 3 is 1.50 bits per heavy atom. The van der Waals surface area contributed by atoms with E-state index in [0.717, 1.165) is 25.7 Å². The summed E-state index contributed by atoms with van der Waals surface area (Å²) in [5.74, 6) is 0.186. The van der Waals surface area contributed by atoms with Gasteiger partial charge in [-0.05, 0) is 53.9 Å². The highest BCUT2D eigenvalue weighted by Crippen LogP contribution is 2.32. The van der Waals surface area contributed by atoms with Gasteiger partial charge in [0, 0.05) is 25.4 Å². The van der Waals surface area contributed by atoms with E-state index in [0.29, 0.717) is 19.5 Å². The summed E-state index contributed by atoms with van der Waals surface area (Å²) >= 11 is 0. The maximum Gasteiger partial charge on any atom is 0.410 e. The first kappa shape index (κ1) is 32.8. The Balaban J connectivity index is 2.04. The normalized spacial score (nSPS) is 15.2. The van der Waals surface area contributed by atoms with Crippen LogP contribution in [0.25, 0.3) is 0 Å². The number of hydrogen-bond acceptors (Lipinski definition) is 4. The molecule has 0 atom stereocenters. The third-order valence-corrected chi connectivity index (χ3v) is 7.49. The maximum absolute atomic E-state index is 12.5. The summed E-state index contributed by atoms with van der Waals surface area (Å²) in [7, 11) is 0. The average molecular weight is 510 g/mol. The van der Waals surface area contributed by atoms with Gasteiger partial charge in [0.05, 0.1) is 0 Å². The lowest BCUT2D eigenvalue weighted by atomic mass is 9.83. The second-order valence-electron chi connectivity index (χ2n) is 12.5. The van der Waals surface area contributed by atoms with Gasteiger partial charge in [-0.15, -0.1) is 0 Å². The van der Waals surface area contributed by atoms with Gasteiger partial charge in [-0.25, -0.2) is 4.79 Å². The van der Waals surface area contributed by atoms with Crippen molar-refractivity contribution in [3.8, 4) is 0 Å². The second kappa shape index (κ2) is 18.1.